The maximum Gasteiger partial charge on any atom is 0.124 e. The van der Waals surface area contributed by atoms with Gasteiger partial charge in [-0.15, -0.1) is 0 Å². The monoisotopic (exact) mass is 285 g/mol. The number of nitrogens with one attached hydrogen (secondary N) is 1. The van der Waals surface area contributed by atoms with E-state index in [4.69, 9.17) is 4.98 Å². The first kappa shape index (κ1) is 13.1. The lowest BCUT2D eigenvalue weighted by molar-refractivity contribution is 0.239. The number of imidazole rings is 2. The third-order valence-electron chi connectivity index (χ3n) is 4.86. The van der Waals surface area contributed by atoms with Crippen molar-refractivity contribution >= 4 is 0 Å². The first-order valence-corrected chi connectivity index (χ1v) is 8.17. The molecule has 112 valence electrons. The van der Waals surface area contributed by atoms with Gasteiger partial charge in [-0.05, 0) is 45.1 Å². The van der Waals surface area contributed by atoms with Crippen LogP contribution in [0.3, 0.4) is 0 Å². The van der Waals surface area contributed by atoms with Gasteiger partial charge in [-0.2, -0.15) is 0 Å². The van der Waals surface area contributed by atoms with E-state index in [9.17, 15) is 0 Å². The van der Waals surface area contributed by atoms with E-state index in [2.05, 4.69) is 19.4 Å². The molecule has 2 aliphatic rings. The Morgan fingerprint density at radius 3 is 3.00 bits per heavy atom. The van der Waals surface area contributed by atoms with E-state index in [0.717, 1.165) is 19.5 Å². The molecule has 0 radical (unpaired) electrons. The van der Waals surface area contributed by atoms with Crippen molar-refractivity contribution in [3.05, 3.63) is 35.9 Å². The predicted octanol–water partition coefficient (Wildman–Crippen LogP) is 2.32. The second kappa shape index (κ2) is 5.64. The zero-order valence-electron chi connectivity index (χ0n) is 12.5. The zero-order chi connectivity index (χ0) is 14.1. The van der Waals surface area contributed by atoms with E-state index < -0.39 is 0 Å². The molecule has 0 saturated carbocycles. The minimum atomic E-state index is 0.485. The summed E-state index contributed by atoms with van der Waals surface area (Å²) in [5, 5.41) is 0. The second-order valence-corrected chi connectivity index (χ2v) is 6.25. The van der Waals surface area contributed by atoms with Gasteiger partial charge in [0.05, 0.1) is 18.1 Å². The van der Waals surface area contributed by atoms with Crippen LogP contribution >= 0.6 is 0 Å². The lowest BCUT2D eigenvalue weighted by Crippen LogP contribution is -2.27. The molecule has 1 atom stereocenters. The highest BCUT2D eigenvalue weighted by atomic mass is 15.2. The van der Waals surface area contributed by atoms with E-state index in [1.54, 1.807) is 0 Å². The molecule has 0 spiro atoms. The number of fused-ring (bicyclic) bond motifs is 1. The molecule has 0 amide bonds. The van der Waals surface area contributed by atoms with Crippen LogP contribution < -0.4 is 0 Å². The van der Waals surface area contributed by atoms with Crippen molar-refractivity contribution in [2.45, 2.75) is 51.1 Å². The lowest BCUT2D eigenvalue weighted by Gasteiger charge is -2.22. The number of aromatic nitrogens is 4. The van der Waals surface area contributed by atoms with Gasteiger partial charge in [0.15, 0.2) is 0 Å². The van der Waals surface area contributed by atoms with Gasteiger partial charge in [-0.25, -0.2) is 9.97 Å². The second-order valence-electron chi connectivity index (χ2n) is 6.25. The first-order valence-electron chi connectivity index (χ1n) is 8.17. The number of hydrogen-bond acceptors (Lipinski definition) is 3. The zero-order valence-corrected chi connectivity index (χ0v) is 12.5. The molecule has 2 aromatic rings. The third kappa shape index (κ3) is 2.62. The van der Waals surface area contributed by atoms with Crippen LogP contribution in [0.25, 0.3) is 0 Å². The van der Waals surface area contributed by atoms with Gasteiger partial charge in [0.1, 0.15) is 5.82 Å². The molecule has 2 aromatic heterocycles. The lowest BCUT2D eigenvalue weighted by atomic mass is 10.0. The fraction of sp³-hybridized carbons (Fsp3) is 0.625. The summed E-state index contributed by atoms with van der Waals surface area (Å²) in [4.78, 5) is 15.2. The van der Waals surface area contributed by atoms with Gasteiger partial charge in [0, 0.05) is 31.2 Å². The van der Waals surface area contributed by atoms with Crippen molar-refractivity contribution in [1.29, 1.82) is 0 Å². The van der Waals surface area contributed by atoms with E-state index in [1.807, 2.05) is 18.7 Å². The van der Waals surface area contributed by atoms with E-state index in [0.29, 0.717) is 6.04 Å². The van der Waals surface area contributed by atoms with E-state index in [1.165, 1.54) is 55.9 Å². The van der Waals surface area contributed by atoms with Crippen LogP contribution in [0.2, 0.25) is 0 Å². The number of aryl methyl sites for hydroxylation is 2. The van der Waals surface area contributed by atoms with Crippen LogP contribution in [-0.4, -0.2) is 37.5 Å². The van der Waals surface area contributed by atoms with Gasteiger partial charge < -0.3 is 9.55 Å². The molecule has 1 fully saturated rings. The maximum atomic E-state index is 4.91. The average Bonchev–Trinajstić information content (AvgIpc) is 3.24. The summed E-state index contributed by atoms with van der Waals surface area (Å²) in [7, 11) is 0. The molecule has 1 saturated heterocycles. The maximum absolute atomic E-state index is 4.91. The number of H-pyrrole nitrogens is 1. The molecule has 5 nitrogen and oxygen atoms in total. The number of likely N-dealkylation sites (tertiary alicyclic amines) is 1. The van der Waals surface area contributed by atoms with Crippen molar-refractivity contribution in [3.8, 4) is 0 Å². The van der Waals surface area contributed by atoms with Crippen LogP contribution in [0.15, 0.2) is 18.7 Å². The Morgan fingerprint density at radius 2 is 2.14 bits per heavy atom. The van der Waals surface area contributed by atoms with Gasteiger partial charge in [0.2, 0.25) is 0 Å². The smallest absolute Gasteiger partial charge is 0.124 e. The van der Waals surface area contributed by atoms with E-state index >= 15 is 0 Å². The summed E-state index contributed by atoms with van der Waals surface area (Å²) in [5.41, 5.74) is 2.73. The predicted molar refractivity (Wildman–Crippen MR) is 81.0 cm³/mol. The molecule has 1 unspecified atom stereocenters. The minimum Gasteiger partial charge on any atom is -0.344 e. The standard InChI is InChI=1S/C16H23N5/c1-2-5-14-13(4-1)18-16(19-14)15-6-3-8-21(15)11-10-20-9-7-17-12-20/h7,9,12,15H,1-6,8,10-11H2,(H,18,19). The molecular formula is C16H23N5. The fourth-order valence-electron chi connectivity index (χ4n) is 3.70. The quantitative estimate of drug-likeness (QED) is 0.938. The summed E-state index contributed by atoms with van der Waals surface area (Å²) in [6.45, 7) is 3.27. The van der Waals surface area contributed by atoms with Gasteiger partial charge in [0.25, 0.3) is 0 Å². The van der Waals surface area contributed by atoms with Crippen LogP contribution in [-0.2, 0) is 19.4 Å². The molecule has 0 aromatic carbocycles. The molecule has 21 heavy (non-hydrogen) atoms. The van der Waals surface area contributed by atoms with Crippen LogP contribution in [0, 0.1) is 0 Å². The Kier molecular flexibility index (Phi) is 3.51. The largest absolute Gasteiger partial charge is 0.344 e. The molecule has 5 heteroatoms. The number of nitrogens with zero attached hydrogens (tertiary/aromatic N) is 4. The molecule has 0 bridgehead atoms. The number of aromatic amines is 1. The van der Waals surface area contributed by atoms with Gasteiger partial charge >= 0.3 is 0 Å². The Hall–Kier alpha value is -1.62. The van der Waals surface area contributed by atoms with Crippen molar-refractivity contribution in [3.63, 3.8) is 0 Å². The summed E-state index contributed by atoms with van der Waals surface area (Å²) >= 11 is 0. The normalized spacial score (nSPS) is 22.6. The molecule has 1 aliphatic heterocycles. The van der Waals surface area contributed by atoms with Crippen molar-refractivity contribution < 1.29 is 0 Å². The Labute approximate surface area is 125 Å². The summed E-state index contributed by atoms with van der Waals surface area (Å²) in [6.07, 6.45) is 13.2. The van der Waals surface area contributed by atoms with E-state index in [-0.39, 0.29) is 0 Å². The SMILES string of the molecule is c1cn(CCN2CCCC2c2nc3c([nH]2)CCCC3)cn1. The summed E-state index contributed by atoms with van der Waals surface area (Å²) in [6, 6.07) is 0.485. The van der Waals surface area contributed by atoms with Gasteiger partial charge in [-0.3, -0.25) is 4.90 Å². The molecule has 1 N–H and O–H groups in total. The van der Waals surface area contributed by atoms with Crippen molar-refractivity contribution in [2.75, 3.05) is 13.1 Å². The Bertz CT molecular complexity index is 562. The third-order valence-corrected chi connectivity index (χ3v) is 4.86. The molecule has 3 heterocycles. The Balaban J connectivity index is 1.46. The summed E-state index contributed by atoms with van der Waals surface area (Å²) < 4.78 is 2.16. The summed E-state index contributed by atoms with van der Waals surface area (Å²) in [5.74, 6) is 1.21. The number of rotatable bonds is 4. The van der Waals surface area contributed by atoms with Crippen molar-refractivity contribution in [2.24, 2.45) is 0 Å². The van der Waals surface area contributed by atoms with Crippen molar-refractivity contribution in [1.82, 2.24) is 24.4 Å². The Morgan fingerprint density at radius 1 is 1.19 bits per heavy atom. The highest BCUT2D eigenvalue weighted by Gasteiger charge is 2.29. The average molecular weight is 285 g/mol. The van der Waals surface area contributed by atoms with Crippen LogP contribution in [0.1, 0.15) is 48.9 Å². The highest BCUT2D eigenvalue weighted by Crippen LogP contribution is 2.31. The highest BCUT2D eigenvalue weighted by molar-refractivity contribution is 5.19. The van der Waals surface area contributed by atoms with Crippen LogP contribution in [0.4, 0.5) is 0 Å². The fourth-order valence-corrected chi connectivity index (χ4v) is 3.70. The first-order chi connectivity index (χ1) is 10.4. The molecule has 4 rings (SSSR count). The minimum absolute atomic E-state index is 0.485. The molecule has 1 aliphatic carbocycles. The topological polar surface area (TPSA) is 49.7 Å². The molecular weight excluding hydrogens is 262 g/mol. The number of hydrogen-bond donors (Lipinski definition) is 1. The van der Waals surface area contributed by atoms with Crippen LogP contribution in [0.5, 0.6) is 0 Å². The van der Waals surface area contributed by atoms with Gasteiger partial charge in [-0.1, -0.05) is 0 Å².